The lowest BCUT2D eigenvalue weighted by Crippen LogP contribution is -2.46. The minimum Gasteiger partial charge on any atom is -0.374 e. The first kappa shape index (κ1) is 29.5. The van der Waals surface area contributed by atoms with Crippen molar-refractivity contribution in [2.75, 3.05) is 37.1 Å². The number of carbonyl (C=O) groups is 1. The molecule has 0 radical (unpaired) electrons. The number of hydrogen-bond donors (Lipinski definition) is 0. The van der Waals surface area contributed by atoms with Gasteiger partial charge in [-0.3, -0.25) is 4.79 Å². The first-order valence-corrected chi connectivity index (χ1v) is 15.9. The van der Waals surface area contributed by atoms with Crippen molar-refractivity contribution in [2.24, 2.45) is 0 Å². The monoisotopic (exact) mass is 466 g/mol. The summed E-state index contributed by atoms with van der Waals surface area (Å²) in [4.78, 5) is 11.9. The maximum Gasteiger partial charge on any atom is 0.500 e. The van der Waals surface area contributed by atoms with E-state index >= 15 is 0 Å². The van der Waals surface area contributed by atoms with Gasteiger partial charge in [-0.1, -0.05) is 57.2 Å². The molecule has 4 nitrogen and oxygen atoms in total. The maximum atomic E-state index is 11.9. The molecule has 0 aromatic carbocycles. The van der Waals surface area contributed by atoms with E-state index in [1.165, 1.54) is 50.3 Å². The molecule has 29 heavy (non-hydrogen) atoms. The van der Waals surface area contributed by atoms with Gasteiger partial charge in [0.05, 0.1) is 0 Å². The Kier molecular flexibility index (Phi) is 22.0. The lowest BCUT2D eigenvalue weighted by molar-refractivity contribution is -0.111. The normalized spacial score (nSPS) is 11.9. The van der Waals surface area contributed by atoms with Crippen molar-refractivity contribution in [3.8, 4) is 0 Å². The zero-order valence-electron chi connectivity index (χ0n) is 19.5. The number of thioether (sulfide) groups is 2. The van der Waals surface area contributed by atoms with Crippen LogP contribution in [0.1, 0.15) is 91.9 Å². The van der Waals surface area contributed by atoms with Gasteiger partial charge in [0, 0.05) is 38.0 Å². The van der Waals surface area contributed by atoms with Crippen LogP contribution in [0.2, 0.25) is 6.04 Å². The van der Waals surface area contributed by atoms with Crippen LogP contribution in [0.15, 0.2) is 0 Å². The van der Waals surface area contributed by atoms with Crippen molar-refractivity contribution in [2.45, 2.75) is 97.9 Å². The van der Waals surface area contributed by atoms with Gasteiger partial charge in [0.15, 0.2) is 5.12 Å². The highest BCUT2D eigenvalue weighted by atomic mass is 32.2. The number of carbonyl (C=O) groups excluding carboxylic acids is 1. The zero-order valence-corrected chi connectivity index (χ0v) is 22.1. The van der Waals surface area contributed by atoms with E-state index in [0.717, 1.165) is 49.0 Å². The van der Waals surface area contributed by atoms with Crippen LogP contribution < -0.4 is 0 Å². The van der Waals surface area contributed by atoms with Gasteiger partial charge in [-0.15, -0.1) is 0 Å². The van der Waals surface area contributed by atoms with Gasteiger partial charge in [-0.2, -0.15) is 11.8 Å². The van der Waals surface area contributed by atoms with Crippen LogP contribution in [0.3, 0.4) is 0 Å². The Morgan fingerprint density at radius 3 is 1.83 bits per heavy atom. The molecule has 0 aliphatic heterocycles. The van der Waals surface area contributed by atoms with Crippen molar-refractivity contribution in [3.63, 3.8) is 0 Å². The largest absolute Gasteiger partial charge is 0.500 e. The van der Waals surface area contributed by atoms with E-state index < -0.39 is 8.80 Å². The fraction of sp³-hybridized carbons (Fsp3) is 0.955. The summed E-state index contributed by atoms with van der Waals surface area (Å²) in [5.74, 6) is 3.17. The molecule has 0 N–H and O–H groups in total. The zero-order chi connectivity index (χ0) is 21.6. The van der Waals surface area contributed by atoms with E-state index in [-0.39, 0.29) is 0 Å². The number of unbranched alkanes of at least 4 members (excludes halogenated alkanes) is 6. The summed E-state index contributed by atoms with van der Waals surface area (Å²) in [6.45, 7) is 10.2. The molecule has 0 aliphatic carbocycles. The molecule has 0 aromatic rings. The van der Waals surface area contributed by atoms with Gasteiger partial charge in [0.25, 0.3) is 0 Å². The van der Waals surface area contributed by atoms with Crippen molar-refractivity contribution < 1.29 is 18.1 Å². The molecule has 0 saturated carbocycles. The molecule has 0 spiro atoms. The van der Waals surface area contributed by atoms with Crippen molar-refractivity contribution >= 4 is 37.4 Å². The second-order valence-electron chi connectivity index (χ2n) is 7.14. The standard InChI is InChI=1S/C22H46O4S2Si/c1-5-9-10-11-12-13-14-17-22(23)28-20-15-18-27-19-16-21-29(24-6-2,25-7-3)26-8-4/h5-21H2,1-4H3. The summed E-state index contributed by atoms with van der Waals surface area (Å²) in [6, 6.07) is 0.890. The van der Waals surface area contributed by atoms with Gasteiger partial charge < -0.3 is 13.3 Å². The topological polar surface area (TPSA) is 44.8 Å². The predicted molar refractivity (Wildman–Crippen MR) is 132 cm³/mol. The predicted octanol–water partition coefficient (Wildman–Crippen LogP) is 6.95. The summed E-state index contributed by atoms with van der Waals surface area (Å²) in [6.07, 6.45) is 11.8. The molecule has 7 heteroatoms. The van der Waals surface area contributed by atoms with Gasteiger partial charge in [-0.05, 0) is 51.5 Å². The first-order valence-electron chi connectivity index (χ1n) is 11.8. The van der Waals surface area contributed by atoms with Crippen molar-refractivity contribution in [1.29, 1.82) is 0 Å². The van der Waals surface area contributed by atoms with Crippen LogP contribution in [-0.2, 0) is 18.1 Å². The lowest BCUT2D eigenvalue weighted by atomic mass is 10.1. The van der Waals surface area contributed by atoms with Gasteiger partial charge in [0.2, 0.25) is 0 Å². The van der Waals surface area contributed by atoms with E-state index in [9.17, 15) is 4.79 Å². The van der Waals surface area contributed by atoms with E-state index in [4.69, 9.17) is 13.3 Å². The molecule has 0 unspecified atom stereocenters. The lowest BCUT2D eigenvalue weighted by Gasteiger charge is -2.28. The number of hydrogen-bond acceptors (Lipinski definition) is 6. The minimum atomic E-state index is -2.47. The molecule has 0 aliphatic rings. The molecule has 0 saturated heterocycles. The Morgan fingerprint density at radius 1 is 0.690 bits per heavy atom. The highest BCUT2D eigenvalue weighted by Crippen LogP contribution is 2.21. The molecular formula is C22H46O4S2Si. The third kappa shape index (κ3) is 17.8. The van der Waals surface area contributed by atoms with Crippen LogP contribution in [0.4, 0.5) is 0 Å². The molecule has 174 valence electrons. The average molecular weight is 467 g/mol. The molecule has 0 aromatic heterocycles. The molecule has 0 bridgehead atoms. The first-order chi connectivity index (χ1) is 14.1. The number of rotatable bonds is 22. The van der Waals surface area contributed by atoms with E-state index in [2.05, 4.69) is 6.92 Å². The molecular weight excluding hydrogens is 420 g/mol. The van der Waals surface area contributed by atoms with Crippen LogP contribution in [0, 0.1) is 0 Å². The highest BCUT2D eigenvalue weighted by molar-refractivity contribution is 8.13. The summed E-state index contributed by atoms with van der Waals surface area (Å²) in [5, 5.41) is 0.379. The molecule has 0 heterocycles. The van der Waals surface area contributed by atoms with Gasteiger partial charge in [-0.25, -0.2) is 0 Å². The fourth-order valence-corrected chi connectivity index (χ4v) is 7.90. The SMILES string of the molecule is CCCCCCCCCC(=O)SCCCSCCC[Si](OCC)(OCC)OCC. The maximum absolute atomic E-state index is 11.9. The van der Waals surface area contributed by atoms with Crippen LogP contribution in [-0.4, -0.2) is 51.0 Å². The molecule has 0 atom stereocenters. The second-order valence-corrected chi connectivity index (χ2v) is 12.3. The van der Waals surface area contributed by atoms with E-state index in [1.54, 1.807) is 0 Å². The smallest absolute Gasteiger partial charge is 0.374 e. The van der Waals surface area contributed by atoms with E-state index in [1.807, 2.05) is 32.5 Å². The minimum absolute atomic E-state index is 0.379. The van der Waals surface area contributed by atoms with Gasteiger partial charge in [0.1, 0.15) is 0 Å². The van der Waals surface area contributed by atoms with Crippen molar-refractivity contribution in [3.05, 3.63) is 0 Å². The molecule has 0 fully saturated rings. The van der Waals surface area contributed by atoms with E-state index in [0.29, 0.717) is 24.9 Å². The molecule has 0 rings (SSSR count). The Bertz CT molecular complexity index is 356. The Hall–Kier alpha value is 0.467. The van der Waals surface area contributed by atoms with Crippen LogP contribution in [0.25, 0.3) is 0 Å². The van der Waals surface area contributed by atoms with Crippen molar-refractivity contribution in [1.82, 2.24) is 0 Å². The summed E-state index contributed by atoms with van der Waals surface area (Å²) in [5.41, 5.74) is 0. The fourth-order valence-electron chi connectivity index (χ4n) is 3.14. The summed E-state index contributed by atoms with van der Waals surface area (Å²) >= 11 is 3.49. The quantitative estimate of drug-likeness (QED) is 0.127. The Labute approximate surface area is 190 Å². The summed E-state index contributed by atoms with van der Waals surface area (Å²) in [7, 11) is -2.47. The third-order valence-corrected chi connectivity index (χ3v) is 9.87. The highest BCUT2D eigenvalue weighted by Gasteiger charge is 2.39. The van der Waals surface area contributed by atoms with Crippen LogP contribution in [0.5, 0.6) is 0 Å². The average Bonchev–Trinajstić information content (AvgIpc) is 2.70. The Balaban J connectivity index is 3.62. The second kappa shape index (κ2) is 21.7. The molecule has 0 amide bonds. The third-order valence-electron chi connectivity index (χ3n) is 4.54. The van der Waals surface area contributed by atoms with Crippen LogP contribution >= 0.6 is 23.5 Å². The Morgan fingerprint density at radius 2 is 1.24 bits per heavy atom. The van der Waals surface area contributed by atoms with Gasteiger partial charge >= 0.3 is 8.80 Å². The summed E-state index contributed by atoms with van der Waals surface area (Å²) < 4.78 is 17.7.